The van der Waals surface area contributed by atoms with Crippen LogP contribution in [0.5, 0.6) is 0 Å². The molecule has 0 bridgehead atoms. The molecule has 0 radical (unpaired) electrons. The van der Waals surface area contributed by atoms with Crippen molar-refractivity contribution in [1.29, 1.82) is 0 Å². The molecule has 4 nitrogen and oxygen atoms in total. The van der Waals surface area contributed by atoms with Crippen molar-refractivity contribution in [1.82, 2.24) is 15.5 Å². The summed E-state index contributed by atoms with van der Waals surface area (Å²) in [5, 5.41) is 11.4. The normalized spacial score (nSPS) is 10.7. The number of nitrogens with zero attached hydrogens (tertiary/aromatic N) is 2. The largest absolute Gasteiger partial charge is 0.419 e. The predicted molar refractivity (Wildman–Crippen MR) is 84.4 cm³/mol. The third kappa shape index (κ3) is 3.77. The van der Waals surface area contributed by atoms with Crippen LogP contribution in [0.3, 0.4) is 0 Å². The molecule has 1 N–H and O–H groups in total. The van der Waals surface area contributed by atoms with Crippen molar-refractivity contribution < 1.29 is 4.42 Å². The number of hydrogen-bond donors (Lipinski definition) is 1. The molecule has 0 aliphatic heterocycles. The molecule has 0 aliphatic rings. The van der Waals surface area contributed by atoms with E-state index >= 15 is 0 Å². The van der Waals surface area contributed by atoms with Crippen LogP contribution in [0.25, 0.3) is 11.5 Å². The SMILES string of the molecule is Brc1cccc(-c2nnc(CNCc3ccccc3)o2)c1. The molecular formula is C16H14BrN3O. The third-order valence-corrected chi connectivity index (χ3v) is 3.48. The Morgan fingerprint density at radius 3 is 2.62 bits per heavy atom. The molecule has 1 heterocycles. The smallest absolute Gasteiger partial charge is 0.247 e. The van der Waals surface area contributed by atoms with Gasteiger partial charge >= 0.3 is 0 Å². The van der Waals surface area contributed by atoms with Crippen molar-refractivity contribution in [3.05, 3.63) is 70.5 Å². The second-order valence-corrected chi connectivity index (χ2v) is 5.52. The highest BCUT2D eigenvalue weighted by Gasteiger charge is 2.08. The summed E-state index contributed by atoms with van der Waals surface area (Å²) in [5.74, 6) is 1.12. The molecule has 0 unspecified atom stereocenters. The van der Waals surface area contributed by atoms with Gasteiger partial charge in [-0.3, -0.25) is 0 Å². The van der Waals surface area contributed by atoms with Gasteiger partial charge in [-0.05, 0) is 23.8 Å². The number of aromatic nitrogens is 2. The molecule has 106 valence electrons. The molecule has 21 heavy (non-hydrogen) atoms. The van der Waals surface area contributed by atoms with E-state index in [2.05, 4.69) is 43.6 Å². The minimum atomic E-state index is 0.535. The van der Waals surface area contributed by atoms with E-state index < -0.39 is 0 Å². The van der Waals surface area contributed by atoms with Crippen molar-refractivity contribution in [2.75, 3.05) is 0 Å². The van der Waals surface area contributed by atoms with Crippen LogP contribution in [0.1, 0.15) is 11.5 Å². The minimum absolute atomic E-state index is 0.535. The molecule has 3 rings (SSSR count). The zero-order valence-electron chi connectivity index (χ0n) is 11.3. The van der Waals surface area contributed by atoms with E-state index in [-0.39, 0.29) is 0 Å². The predicted octanol–water partition coefficient (Wildman–Crippen LogP) is 3.79. The lowest BCUT2D eigenvalue weighted by atomic mass is 10.2. The van der Waals surface area contributed by atoms with Crippen LogP contribution in [-0.2, 0) is 13.1 Å². The second kappa shape index (κ2) is 6.65. The Kier molecular flexibility index (Phi) is 4.43. The lowest BCUT2D eigenvalue weighted by molar-refractivity contribution is 0.477. The number of rotatable bonds is 5. The van der Waals surface area contributed by atoms with Crippen LogP contribution in [0.2, 0.25) is 0 Å². The lowest BCUT2D eigenvalue weighted by Crippen LogP contribution is -2.12. The third-order valence-electron chi connectivity index (χ3n) is 2.99. The summed E-state index contributed by atoms with van der Waals surface area (Å²) < 4.78 is 6.65. The molecule has 1 aromatic heterocycles. The lowest BCUT2D eigenvalue weighted by Gasteiger charge is -2.01. The monoisotopic (exact) mass is 343 g/mol. The van der Waals surface area contributed by atoms with Crippen molar-refractivity contribution in [3.8, 4) is 11.5 Å². The number of halogens is 1. The molecule has 0 saturated carbocycles. The molecule has 3 aromatic rings. The van der Waals surface area contributed by atoms with Gasteiger partial charge in [-0.25, -0.2) is 0 Å². The Morgan fingerprint density at radius 2 is 1.81 bits per heavy atom. The van der Waals surface area contributed by atoms with Gasteiger partial charge in [0.15, 0.2) is 0 Å². The zero-order chi connectivity index (χ0) is 14.5. The summed E-state index contributed by atoms with van der Waals surface area (Å²) in [7, 11) is 0. The first-order valence-corrected chi connectivity index (χ1v) is 7.43. The summed E-state index contributed by atoms with van der Waals surface area (Å²) in [5.41, 5.74) is 2.13. The van der Waals surface area contributed by atoms with Gasteiger partial charge in [-0.1, -0.05) is 52.3 Å². The van der Waals surface area contributed by atoms with Crippen LogP contribution in [0.4, 0.5) is 0 Å². The molecule has 0 fully saturated rings. The second-order valence-electron chi connectivity index (χ2n) is 4.60. The number of hydrogen-bond acceptors (Lipinski definition) is 4. The molecule has 2 aromatic carbocycles. The van der Waals surface area contributed by atoms with E-state index in [0.717, 1.165) is 16.6 Å². The minimum Gasteiger partial charge on any atom is -0.419 e. The summed E-state index contributed by atoms with van der Waals surface area (Å²) in [6, 6.07) is 18.0. The number of benzene rings is 2. The van der Waals surface area contributed by atoms with Crippen LogP contribution < -0.4 is 5.32 Å². The van der Waals surface area contributed by atoms with Gasteiger partial charge in [-0.15, -0.1) is 10.2 Å². The maximum Gasteiger partial charge on any atom is 0.247 e. The topological polar surface area (TPSA) is 51.0 Å². The van der Waals surface area contributed by atoms with Gasteiger partial charge < -0.3 is 9.73 Å². The van der Waals surface area contributed by atoms with E-state index in [4.69, 9.17) is 4.42 Å². The molecule has 0 aliphatic carbocycles. The standard InChI is InChI=1S/C16H14BrN3O/c17-14-8-4-7-13(9-14)16-20-19-15(21-16)11-18-10-12-5-2-1-3-6-12/h1-9,18H,10-11H2. The van der Waals surface area contributed by atoms with E-state index in [9.17, 15) is 0 Å². The maximum absolute atomic E-state index is 5.66. The highest BCUT2D eigenvalue weighted by molar-refractivity contribution is 9.10. The summed E-state index contributed by atoms with van der Waals surface area (Å²) in [4.78, 5) is 0. The van der Waals surface area contributed by atoms with Crippen molar-refractivity contribution in [2.24, 2.45) is 0 Å². The summed E-state index contributed by atoms with van der Waals surface area (Å²) >= 11 is 3.43. The Bertz CT molecular complexity index is 712. The van der Waals surface area contributed by atoms with Crippen molar-refractivity contribution in [2.45, 2.75) is 13.1 Å². The highest BCUT2D eigenvalue weighted by atomic mass is 79.9. The van der Waals surface area contributed by atoms with Gasteiger partial charge in [-0.2, -0.15) is 0 Å². The van der Waals surface area contributed by atoms with Crippen molar-refractivity contribution >= 4 is 15.9 Å². The van der Waals surface area contributed by atoms with Crippen LogP contribution in [-0.4, -0.2) is 10.2 Å². The Balaban J connectivity index is 1.60. The van der Waals surface area contributed by atoms with E-state index in [1.807, 2.05) is 42.5 Å². The number of nitrogens with one attached hydrogen (secondary N) is 1. The first-order valence-electron chi connectivity index (χ1n) is 6.64. The van der Waals surface area contributed by atoms with Crippen LogP contribution in [0, 0.1) is 0 Å². The van der Waals surface area contributed by atoms with Gasteiger partial charge in [0.05, 0.1) is 6.54 Å². The Morgan fingerprint density at radius 1 is 0.952 bits per heavy atom. The van der Waals surface area contributed by atoms with E-state index in [1.54, 1.807) is 0 Å². The van der Waals surface area contributed by atoms with Gasteiger partial charge in [0.25, 0.3) is 0 Å². The first kappa shape index (κ1) is 14.0. The maximum atomic E-state index is 5.66. The molecule has 0 saturated heterocycles. The average molecular weight is 344 g/mol. The molecular weight excluding hydrogens is 330 g/mol. The summed E-state index contributed by atoms with van der Waals surface area (Å²) in [6.07, 6.45) is 0. The Labute approximate surface area is 131 Å². The molecule has 0 atom stereocenters. The molecule has 0 amide bonds. The van der Waals surface area contributed by atoms with Crippen molar-refractivity contribution in [3.63, 3.8) is 0 Å². The van der Waals surface area contributed by atoms with Gasteiger partial charge in [0.1, 0.15) is 0 Å². The highest BCUT2D eigenvalue weighted by Crippen LogP contribution is 2.21. The average Bonchev–Trinajstić information content (AvgIpc) is 2.97. The Hall–Kier alpha value is -1.98. The molecule has 0 spiro atoms. The van der Waals surface area contributed by atoms with Crippen LogP contribution in [0.15, 0.2) is 63.5 Å². The fourth-order valence-electron chi connectivity index (χ4n) is 1.97. The van der Waals surface area contributed by atoms with E-state index in [0.29, 0.717) is 18.3 Å². The quantitative estimate of drug-likeness (QED) is 0.765. The zero-order valence-corrected chi connectivity index (χ0v) is 12.9. The van der Waals surface area contributed by atoms with Crippen LogP contribution >= 0.6 is 15.9 Å². The summed E-state index contributed by atoms with van der Waals surface area (Å²) in [6.45, 7) is 1.32. The fraction of sp³-hybridized carbons (Fsp3) is 0.125. The van der Waals surface area contributed by atoms with Gasteiger partial charge in [0.2, 0.25) is 11.8 Å². The van der Waals surface area contributed by atoms with E-state index in [1.165, 1.54) is 5.56 Å². The first-order chi connectivity index (χ1) is 10.3. The van der Waals surface area contributed by atoms with Gasteiger partial charge in [0, 0.05) is 16.6 Å². The molecule has 5 heteroatoms. The fourth-order valence-corrected chi connectivity index (χ4v) is 2.37.